The Hall–Kier alpha value is -3.74. The van der Waals surface area contributed by atoms with Crippen LogP contribution in [0.2, 0.25) is 0 Å². The zero-order valence-electron chi connectivity index (χ0n) is 22.2. The maximum absolute atomic E-state index is 13.1. The molecule has 10 nitrogen and oxygen atoms in total. The van der Waals surface area contributed by atoms with E-state index in [1.807, 2.05) is 25.9 Å². The van der Waals surface area contributed by atoms with Crippen LogP contribution in [0, 0.1) is 0 Å². The monoisotopic (exact) mass is 550 g/mol. The molecule has 1 fully saturated rings. The van der Waals surface area contributed by atoms with Gasteiger partial charge in [0, 0.05) is 57.1 Å². The SMILES string of the molecule is C[C@H](CN(C)C)Oc1nc2c(c(N3CCN(C=CC=O)CC3)n1)CCN(c1cc(O)ccc1OC(F)(F)F)C2. The number of phenols is 1. The van der Waals surface area contributed by atoms with E-state index >= 15 is 0 Å². The number of phenolic OH excluding ortho intramolecular Hbond substituents is 1. The molecule has 1 saturated heterocycles. The fourth-order valence-electron chi connectivity index (χ4n) is 4.84. The third-order valence-corrected chi connectivity index (χ3v) is 6.45. The highest BCUT2D eigenvalue weighted by Gasteiger charge is 2.34. The minimum atomic E-state index is -4.87. The van der Waals surface area contributed by atoms with Crippen molar-refractivity contribution in [2.45, 2.75) is 32.4 Å². The van der Waals surface area contributed by atoms with Crippen LogP contribution in [-0.2, 0) is 17.8 Å². The molecule has 4 rings (SSSR count). The van der Waals surface area contributed by atoms with Gasteiger partial charge in [0.05, 0.1) is 17.9 Å². The Morgan fingerprint density at radius 3 is 2.54 bits per heavy atom. The van der Waals surface area contributed by atoms with Crippen molar-refractivity contribution in [1.82, 2.24) is 19.8 Å². The molecule has 39 heavy (non-hydrogen) atoms. The van der Waals surface area contributed by atoms with Crippen LogP contribution in [0.3, 0.4) is 0 Å². The van der Waals surface area contributed by atoms with E-state index in [9.17, 15) is 23.1 Å². The summed E-state index contributed by atoms with van der Waals surface area (Å²) in [6, 6.07) is 3.72. The van der Waals surface area contributed by atoms with E-state index in [-0.39, 0.29) is 30.1 Å². The molecule has 0 amide bonds. The second-order valence-corrected chi connectivity index (χ2v) is 9.82. The van der Waals surface area contributed by atoms with Crippen LogP contribution in [0.25, 0.3) is 0 Å². The molecule has 0 radical (unpaired) electrons. The zero-order valence-corrected chi connectivity index (χ0v) is 22.2. The van der Waals surface area contributed by atoms with Crippen molar-refractivity contribution in [2.75, 3.05) is 63.2 Å². The van der Waals surface area contributed by atoms with Gasteiger partial charge in [0.1, 0.15) is 24.0 Å². The summed E-state index contributed by atoms with van der Waals surface area (Å²) in [5, 5.41) is 10.0. The highest BCUT2D eigenvalue weighted by Crippen LogP contribution is 2.39. The summed E-state index contributed by atoms with van der Waals surface area (Å²) in [6.45, 7) is 5.85. The highest BCUT2D eigenvalue weighted by atomic mass is 19.4. The Kier molecular flexibility index (Phi) is 8.68. The van der Waals surface area contributed by atoms with E-state index in [2.05, 4.69) is 19.5 Å². The van der Waals surface area contributed by atoms with Crippen molar-refractivity contribution in [3.8, 4) is 17.5 Å². The first-order valence-electron chi connectivity index (χ1n) is 12.7. The summed E-state index contributed by atoms with van der Waals surface area (Å²) < 4.78 is 49.5. The summed E-state index contributed by atoms with van der Waals surface area (Å²) in [5.41, 5.74) is 1.68. The largest absolute Gasteiger partial charge is 0.573 e. The van der Waals surface area contributed by atoms with Gasteiger partial charge in [0.2, 0.25) is 0 Å². The predicted octanol–water partition coefficient (Wildman–Crippen LogP) is 2.81. The standard InChI is InChI=1S/C26H33F3N6O4/c1-18(16-32(2)3)38-25-30-21-17-35(22-15-19(37)5-6-23(22)39-26(27,28)29)9-7-20(21)24(31-25)34-12-10-33(11-13-34)8-4-14-36/h4-6,8,14-15,18,37H,7,9-13,16-17H2,1-3H3/t18-/m1/s1. The van der Waals surface area contributed by atoms with Gasteiger partial charge >= 0.3 is 12.4 Å². The number of aromatic hydroxyl groups is 1. The average Bonchev–Trinajstić information content (AvgIpc) is 2.86. The quantitative estimate of drug-likeness (QED) is 0.371. The first-order valence-corrected chi connectivity index (χ1v) is 12.7. The number of allylic oxidation sites excluding steroid dienone is 1. The molecule has 2 aliphatic rings. The van der Waals surface area contributed by atoms with Crippen LogP contribution < -0.4 is 19.3 Å². The summed E-state index contributed by atoms with van der Waals surface area (Å²) in [4.78, 5) is 28.0. The lowest BCUT2D eigenvalue weighted by molar-refractivity contribution is -0.274. The van der Waals surface area contributed by atoms with Crippen molar-refractivity contribution in [3.05, 3.63) is 41.7 Å². The summed E-state index contributed by atoms with van der Waals surface area (Å²) in [7, 11) is 3.87. The molecule has 1 atom stereocenters. The van der Waals surface area contributed by atoms with Gasteiger partial charge in [-0.25, -0.2) is 0 Å². The zero-order chi connectivity index (χ0) is 28.2. The molecule has 1 aromatic carbocycles. The number of alkyl halides is 3. The fourth-order valence-corrected chi connectivity index (χ4v) is 4.84. The van der Waals surface area contributed by atoms with Crippen LogP contribution in [-0.4, -0.2) is 97.0 Å². The maximum atomic E-state index is 13.1. The van der Waals surface area contributed by atoms with Crippen molar-refractivity contribution >= 4 is 17.8 Å². The van der Waals surface area contributed by atoms with E-state index < -0.39 is 12.1 Å². The van der Waals surface area contributed by atoms with Crippen LogP contribution in [0.5, 0.6) is 17.5 Å². The van der Waals surface area contributed by atoms with E-state index in [1.165, 1.54) is 12.1 Å². The van der Waals surface area contributed by atoms with E-state index in [0.29, 0.717) is 51.4 Å². The molecule has 0 bridgehead atoms. The lowest BCUT2D eigenvalue weighted by atomic mass is 10.0. The van der Waals surface area contributed by atoms with Crippen LogP contribution in [0.1, 0.15) is 18.2 Å². The van der Waals surface area contributed by atoms with Crippen molar-refractivity contribution in [3.63, 3.8) is 0 Å². The smallest absolute Gasteiger partial charge is 0.508 e. The Morgan fingerprint density at radius 1 is 1.13 bits per heavy atom. The highest BCUT2D eigenvalue weighted by molar-refractivity contribution is 5.65. The number of benzene rings is 1. The number of rotatable bonds is 9. The fraction of sp³-hybridized carbons (Fsp3) is 0.500. The van der Waals surface area contributed by atoms with Crippen molar-refractivity contribution < 1.29 is 32.5 Å². The van der Waals surface area contributed by atoms with Gasteiger partial charge in [-0.3, -0.25) is 4.79 Å². The Labute approximate surface area is 225 Å². The number of hydrogen-bond acceptors (Lipinski definition) is 10. The molecule has 0 aliphatic carbocycles. The van der Waals surface area contributed by atoms with Gasteiger partial charge in [-0.05, 0) is 45.6 Å². The van der Waals surface area contributed by atoms with Gasteiger partial charge in [-0.2, -0.15) is 9.97 Å². The number of aldehydes is 1. The number of likely N-dealkylation sites (N-methyl/N-ethyl adjacent to an activating group) is 1. The molecule has 3 heterocycles. The predicted molar refractivity (Wildman–Crippen MR) is 139 cm³/mol. The number of piperazine rings is 1. The second kappa shape index (κ2) is 12.0. The molecule has 212 valence electrons. The number of anilines is 2. The molecular weight excluding hydrogens is 517 g/mol. The van der Waals surface area contributed by atoms with E-state index in [1.54, 1.807) is 11.1 Å². The number of ether oxygens (including phenoxy) is 2. The second-order valence-electron chi connectivity index (χ2n) is 9.82. The number of halogens is 3. The topological polar surface area (TPSA) is 94.5 Å². The minimum Gasteiger partial charge on any atom is -0.508 e. The van der Waals surface area contributed by atoms with Crippen molar-refractivity contribution in [2.24, 2.45) is 0 Å². The molecule has 13 heteroatoms. The van der Waals surface area contributed by atoms with Gasteiger partial charge in [0.15, 0.2) is 5.75 Å². The number of aromatic nitrogens is 2. The van der Waals surface area contributed by atoms with E-state index in [4.69, 9.17) is 9.72 Å². The van der Waals surface area contributed by atoms with E-state index in [0.717, 1.165) is 29.8 Å². The van der Waals surface area contributed by atoms with Gasteiger partial charge in [-0.15, -0.1) is 13.2 Å². The van der Waals surface area contributed by atoms with Gasteiger partial charge in [-0.1, -0.05) is 0 Å². The Morgan fingerprint density at radius 2 is 1.87 bits per heavy atom. The third kappa shape index (κ3) is 7.43. The summed E-state index contributed by atoms with van der Waals surface area (Å²) >= 11 is 0. The molecular formula is C26H33F3N6O4. The number of hydrogen-bond donors (Lipinski definition) is 1. The van der Waals surface area contributed by atoms with Crippen LogP contribution in [0.4, 0.5) is 24.7 Å². The minimum absolute atomic E-state index is 0.122. The Bertz CT molecular complexity index is 1190. The molecule has 0 unspecified atom stereocenters. The average molecular weight is 551 g/mol. The summed E-state index contributed by atoms with van der Waals surface area (Å²) in [6.07, 6.45) is -0.618. The van der Waals surface area contributed by atoms with Gasteiger partial charge < -0.3 is 34.2 Å². The molecule has 0 spiro atoms. The molecule has 1 aromatic heterocycles. The molecule has 2 aliphatic heterocycles. The lowest BCUT2D eigenvalue weighted by Gasteiger charge is -2.38. The number of fused-ring (bicyclic) bond motifs is 1. The van der Waals surface area contributed by atoms with Crippen molar-refractivity contribution in [1.29, 1.82) is 0 Å². The molecule has 0 saturated carbocycles. The maximum Gasteiger partial charge on any atom is 0.573 e. The van der Waals surface area contributed by atoms with Crippen LogP contribution >= 0.6 is 0 Å². The summed E-state index contributed by atoms with van der Waals surface area (Å²) in [5.74, 6) is 0.179. The number of nitrogens with zero attached hydrogens (tertiary/aromatic N) is 6. The first kappa shape index (κ1) is 28.3. The first-order chi connectivity index (χ1) is 18.5. The number of carbonyl (C=O) groups excluding carboxylic acids is 1. The molecule has 1 N–H and O–H groups in total. The van der Waals surface area contributed by atoms with Crippen LogP contribution in [0.15, 0.2) is 30.5 Å². The van der Waals surface area contributed by atoms with Gasteiger partial charge in [0.25, 0.3) is 0 Å². The third-order valence-electron chi connectivity index (χ3n) is 6.45. The number of carbonyl (C=O) groups is 1. The lowest BCUT2D eigenvalue weighted by Crippen LogP contribution is -2.45. The Balaban J connectivity index is 1.65. The normalized spacial score (nSPS) is 16.9. The molecule has 2 aromatic rings.